The molecule has 2 amide bonds. The van der Waals surface area contributed by atoms with Gasteiger partial charge in [-0.25, -0.2) is 18.3 Å². The first-order chi connectivity index (χ1) is 17.2. The molecule has 0 aliphatic heterocycles. The number of benzene rings is 1. The third-order valence-corrected chi connectivity index (χ3v) is 8.03. The molecular weight excluding hydrogens is 468 g/mol. The Morgan fingerprint density at radius 3 is 2.28 bits per heavy atom. The second kappa shape index (κ2) is 9.07. The van der Waals surface area contributed by atoms with Crippen LogP contribution in [0, 0.1) is 22.5 Å². The monoisotopic (exact) mass is 495 g/mol. The Morgan fingerprint density at radius 2 is 1.64 bits per heavy atom. The predicted octanol–water partition coefficient (Wildman–Crippen LogP) is 3.60. The molecule has 3 fully saturated rings. The van der Waals surface area contributed by atoms with Crippen molar-refractivity contribution in [3.8, 4) is 0 Å². The molecule has 3 saturated carbocycles. The summed E-state index contributed by atoms with van der Waals surface area (Å²) in [6.45, 7) is 2.21. The first-order valence-electron chi connectivity index (χ1n) is 12.1. The van der Waals surface area contributed by atoms with Crippen LogP contribution in [0.5, 0.6) is 0 Å². The van der Waals surface area contributed by atoms with Crippen LogP contribution in [-0.2, 0) is 11.3 Å². The summed E-state index contributed by atoms with van der Waals surface area (Å²) in [6.07, 6.45) is 6.05. The second-order valence-corrected chi connectivity index (χ2v) is 10.1. The highest BCUT2D eigenvalue weighted by Gasteiger charge is 2.50. The largest absolute Gasteiger partial charge is 0.350 e. The van der Waals surface area contributed by atoms with E-state index in [0.29, 0.717) is 12.1 Å². The quantitative estimate of drug-likeness (QED) is 0.521. The van der Waals surface area contributed by atoms with Crippen LogP contribution in [0.25, 0.3) is 5.65 Å². The number of ketones is 1. The standard InChI is InChI=1S/C26H27F2N5O3/c1-16(34)26-9-6-25(7-10-26,8-11-26)15-30-24(36)21-12-20(32-22-19(28)14-31-33(21)22)23(35)29-13-17-2-4-18(27)5-3-17/h2-5,12,14H,6-11,13,15H2,1H3,(H,29,35)(H,30,36). The first-order valence-corrected chi connectivity index (χ1v) is 12.1. The van der Waals surface area contributed by atoms with Gasteiger partial charge in [0, 0.05) is 24.6 Å². The van der Waals surface area contributed by atoms with Gasteiger partial charge in [-0.05, 0) is 68.6 Å². The molecule has 0 spiro atoms. The zero-order valence-electron chi connectivity index (χ0n) is 19.9. The molecule has 2 N–H and O–H groups in total. The smallest absolute Gasteiger partial charge is 0.270 e. The Kier molecular flexibility index (Phi) is 6.05. The van der Waals surface area contributed by atoms with E-state index in [1.165, 1.54) is 30.3 Å². The van der Waals surface area contributed by atoms with Crippen molar-refractivity contribution in [2.24, 2.45) is 10.8 Å². The van der Waals surface area contributed by atoms with Crippen LogP contribution in [-0.4, -0.2) is 38.7 Å². The number of aromatic nitrogens is 3. The van der Waals surface area contributed by atoms with E-state index in [1.807, 2.05) is 0 Å². The summed E-state index contributed by atoms with van der Waals surface area (Å²) in [4.78, 5) is 42.1. The van der Waals surface area contributed by atoms with Crippen molar-refractivity contribution >= 4 is 23.2 Å². The molecule has 188 valence electrons. The average Bonchev–Trinajstić information content (AvgIpc) is 3.27. The molecule has 0 radical (unpaired) electrons. The SMILES string of the molecule is CC(=O)C12CCC(CNC(=O)c3cc(C(=O)NCc4ccc(F)cc4)nc4c(F)cnn34)(CC1)CC2. The molecule has 0 atom stereocenters. The molecule has 6 rings (SSSR count). The van der Waals surface area contributed by atoms with Crippen molar-refractivity contribution in [2.45, 2.75) is 52.0 Å². The predicted molar refractivity (Wildman–Crippen MR) is 126 cm³/mol. The number of carbonyl (C=O) groups excluding carboxylic acids is 3. The molecule has 2 heterocycles. The highest BCUT2D eigenvalue weighted by molar-refractivity contribution is 5.98. The number of carbonyl (C=O) groups is 3. The van der Waals surface area contributed by atoms with Crippen LogP contribution in [0.2, 0.25) is 0 Å². The Bertz CT molecular complexity index is 1330. The Hall–Kier alpha value is -3.69. The summed E-state index contributed by atoms with van der Waals surface area (Å²) in [5.74, 6) is -1.97. The number of hydrogen-bond acceptors (Lipinski definition) is 5. The van der Waals surface area contributed by atoms with Gasteiger partial charge in [-0.15, -0.1) is 0 Å². The number of halogens is 2. The van der Waals surface area contributed by atoms with E-state index >= 15 is 0 Å². The number of rotatable bonds is 7. The van der Waals surface area contributed by atoms with E-state index in [-0.39, 0.29) is 46.0 Å². The number of Topliss-reactive ketones (excluding diaryl/α,β-unsaturated/α-hetero) is 1. The maximum absolute atomic E-state index is 14.3. The molecule has 3 aliphatic carbocycles. The van der Waals surface area contributed by atoms with Crippen molar-refractivity contribution in [2.75, 3.05) is 6.54 Å². The zero-order valence-corrected chi connectivity index (χ0v) is 19.9. The topological polar surface area (TPSA) is 105 Å². The molecule has 10 heteroatoms. The van der Waals surface area contributed by atoms with Crippen LogP contribution < -0.4 is 10.6 Å². The van der Waals surface area contributed by atoms with Crippen molar-refractivity contribution in [3.05, 3.63) is 65.1 Å². The summed E-state index contributed by atoms with van der Waals surface area (Å²) >= 11 is 0. The fourth-order valence-corrected chi connectivity index (χ4v) is 5.50. The van der Waals surface area contributed by atoms with Crippen LogP contribution in [0.1, 0.15) is 72.0 Å². The van der Waals surface area contributed by atoms with Gasteiger partial charge in [-0.1, -0.05) is 12.1 Å². The summed E-state index contributed by atoms with van der Waals surface area (Å²) in [7, 11) is 0. The lowest BCUT2D eigenvalue weighted by Gasteiger charge is -2.52. The van der Waals surface area contributed by atoms with Gasteiger partial charge in [0.25, 0.3) is 11.8 Å². The Labute approximate surface area is 206 Å². The number of fused-ring (bicyclic) bond motifs is 4. The fraction of sp³-hybridized carbons (Fsp3) is 0.423. The fourth-order valence-electron chi connectivity index (χ4n) is 5.50. The van der Waals surface area contributed by atoms with Gasteiger partial charge in [-0.2, -0.15) is 5.10 Å². The van der Waals surface area contributed by atoms with Gasteiger partial charge >= 0.3 is 0 Å². The zero-order chi connectivity index (χ0) is 25.5. The molecule has 1 aromatic carbocycles. The third kappa shape index (κ3) is 4.36. The number of nitrogens with zero attached hydrogens (tertiary/aromatic N) is 3. The van der Waals surface area contributed by atoms with Gasteiger partial charge in [0.2, 0.25) is 0 Å². The van der Waals surface area contributed by atoms with Crippen LogP contribution in [0.3, 0.4) is 0 Å². The van der Waals surface area contributed by atoms with Gasteiger partial charge in [-0.3, -0.25) is 14.4 Å². The second-order valence-electron chi connectivity index (χ2n) is 10.1. The first kappa shape index (κ1) is 24.0. The highest BCUT2D eigenvalue weighted by atomic mass is 19.1. The van der Waals surface area contributed by atoms with Gasteiger partial charge < -0.3 is 10.6 Å². The van der Waals surface area contributed by atoms with Crippen molar-refractivity contribution < 1.29 is 23.2 Å². The minimum absolute atomic E-state index is 0.00284. The lowest BCUT2D eigenvalue weighted by Crippen LogP contribution is -2.49. The molecule has 0 saturated heterocycles. The van der Waals surface area contributed by atoms with Gasteiger partial charge in [0.15, 0.2) is 11.5 Å². The summed E-state index contributed by atoms with van der Waals surface area (Å²) in [5, 5.41) is 9.54. The molecule has 3 aliphatic rings. The van der Waals surface area contributed by atoms with Crippen LogP contribution in [0.15, 0.2) is 36.5 Å². The van der Waals surface area contributed by atoms with Gasteiger partial charge in [0.05, 0.1) is 6.20 Å². The molecular formula is C26H27F2N5O3. The summed E-state index contributed by atoms with van der Waals surface area (Å²) in [6, 6.07) is 6.94. The van der Waals surface area contributed by atoms with E-state index < -0.39 is 17.6 Å². The lowest BCUT2D eigenvalue weighted by atomic mass is 9.52. The van der Waals surface area contributed by atoms with Crippen molar-refractivity contribution in [1.82, 2.24) is 25.2 Å². The van der Waals surface area contributed by atoms with E-state index in [4.69, 9.17) is 0 Å². The molecule has 36 heavy (non-hydrogen) atoms. The molecule has 0 unspecified atom stereocenters. The number of amides is 2. The van der Waals surface area contributed by atoms with E-state index in [2.05, 4.69) is 20.7 Å². The Morgan fingerprint density at radius 1 is 0.972 bits per heavy atom. The third-order valence-electron chi connectivity index (χ3n) is 8.03. The minimum atomic E-state index is -0.754. The van der Waals surface area contributed by atoms with Crippen LogP contribution >= 0.6 is 0 Å². The summed E-state index contributed by atoms with van der Waals surface area (Å²) < 4.78 is 28.5. The van der Waals surface area contributed by atoms with Gasteiger partial charge in [0.1, 0.15) is 23.0 Å². The normalized spacial score (nSPS) is 23.0. The van der Waals surface area contributed by atoms with Crippen molar-refractivity contribution in [1.29, 1.82) is 0 Å². The van der Waals surface area contributed by atoms with E-state index in [1.54, 1.807) is 6.92 Å². The number of nitrogens with one attached hydrogen (secondary N) is 2. The minimum Gasteiger partial charge on any atom is -0.350 e. The Balaban J connectivity index is 1.32. The van der Waals surface area contributed by atoms with Crippen LogP contribution in [0.4, 0.5) is 8.78 Å². The maximum Gasteiger partial charge on any atom is 0.270 e. The van der Waals surface area contributed by atoms with Crippen molar-refractivity contribution in [3.63, 3.8) is 0 Å². The van der Waals surface area contributed by atoms with E-state index in [9.17, 15) is 23.2 Å². The lowest BCUT2D eigenvalue weighted by molar-refractivity contribution is -0.135. The molecule has 2 bridgehead atoms. The summed E-state index contributed by atoms with van der Waals surface area (Å²) in [5.41, 5.74) is 0.0442. The maximum atomic E-state index is 14.3. The average molecular weight is 496 g/mol. The highest BCUT2D eigenvalue weighted by Crippen LogP contribution is 2.56. The molecule has 8 nitrogen and oxygen atoms in total. The molecule has 3 aromatic rings. The van der Waals surface area contributed by atoms with E-state index in [0.717, 1.165) is 49.2 Å². The number of hydrogen-bond donors (Lipinski definition) is 2. The molecule has 2 aromatic heterocycles.